The fourth-order valence-electron chi connectivity index (χ4n) is 3.28. The van der Waals surface area contributed by atoms with Crippen molar-refractivity contribution in [3.8, 4) is 0 Å². The second-order valence-electron chi connectivity index (χ2n) is 6.01. The quantitative estimate of drug-likeness (QED) is 0.783. The maximum Gasteiger partial charge on any atom is 0.0375 e. The lowest BCUT2D eigenvalue weighted by Crippen LogP contribution is -2.55. The van der Waals surface area contributed by atoms with Gasteiger partial charge in [-0.15, -0.1) is 0 Å². The van der Waals surface area contributed by atoms with Crippen LogP contribution in [-0.4, -0.2) is 62.2 Å². The Morgan fingerprint density at radius 3 is 2.56 bits per heavy atom. The zero-order valence-electron chi connectivity index (χ0n) is 13.1. The average Bonchev–Trinajstić information content (AvgIpc) is 2.48. The van der Waals surface area contributed by atoms with E-state index in [9.17, 15) is 0 Å². The van der Waals surface area contributed by atoms with Crippen molar-refractivity contribution in [3.05, 3.63) is 0 Å². The second kappa shape index (κ2) is 8.13. The van der Waals surface area contributed by atoms with Crippen LogP contribution in [-0.2, 0) is 0 Å². The monoisotopic (exact) mass is 255 g/mol. The smallest absolute Gasteiger partial charge is 0.0375 e. The van der Waals surface area contributed by atoms with Gasteiger partial charge in [-0.05, 0) is 52.5 Å². The Bertz CT molecular complexity index is 220. The Balaban J connectivity index is 2.73. The van der Waals surface area contributed by atoms with E-state index in [0.29, 0.717) is 12.1 Å². The van der Waals surface area contributed by atoms with Crippen LogP contribution in [0.5, 0.6) is 0 Å². The van der Waals surface area contributed by atoms with Gasteiger partial charge < -0.3 is 15.1 Å². The van der Waals surface area contributed by atoms with E-state index in [1.165, 1.54) is 38.9 Å². The van der Waals surface area contributed by atoms with Crippen LogP contribution in [0.15, 0.2) is 0 Å². The van der Waals surface area contributed by atoms with Crippen molar-refractivity contribution in [1.82, 2.24) is 15.1 Å². The van der Waals surface area contributed by atoms with Crippen molar-refractivity contribution in [1.29, 1.82) is 0 Å². The Labute approximate surface area is 114 Å². The summed E-state index contributed by atoms with van der Waals surface area (Å²) in [7, 11) is 4.56. The van der Waals surface area contributed by atoms with Crippen LogP contribution in [0.4, 0.5) is 0 Å². The van der Waals surface area contributed by atoms with Crippen LogP contribution in [0.25, 0.3) is 0 Å². The maximum absolute atomic E-state index is 3.75. The zero-order chi connectivity index (χ0) is 13.5. The Kier molecular flexibility index (Phi) is 7.20. The minimum Gasteiger partial charge on any atom is -0.312 e. The number of likely N-dealkylation sites (N-methyl/N-ethyl adjacent to an activating group) is 3. The molecule has 0 aromatic carbocycles. The first-order chi connectivity index (χ1) is 8.60. The van der Waals surface area contributed by atoms with Crippen molar-refractivity contribution in [3.63, 3.8) is 0 Å². The first-order valence-corrected chi connectivity index (χ1v) is 7.72. The molecule has 1 fully saturated rings. The van der Waals surface area contributed by atoms with Gasteiger partial charge in [0.1, 0.15) is 0 Å². The summed E-state index contributed by atoms with van der Waals surface area (Å²) in [5, 5.41) is 3.75. The molecule has 1 aliphatic heterocycles. The average molecular weight is 255 g/mol. The van der Waals surface area contributed by atoms with Crippen LogP contribution in [0.3, 0.4) is 0 Å². The molecule has 0 spiro atoms. The van der Waals surface area contributed by atoms with Crippen molar-refractivity contribution in [2.75, 3.05) is 40.3 Å². The topological polar surface area (TPSA) is 18.5 Å². The molecule has 0 bridgehead atoms. The van der Waals surface area contributed by atoms with E-state index in [0.717, 1.165) is 12.5 Å². The third-order valence-electron chi connectivity index (χ3n) is 4.33. The highest BCUT2D eigenvalue weighted by Crippen LogP contribution is 2.19. The van der Waals surface area contributed by atoms with E-state index in [2.05, 4.69) is 50.0 Å². The summed E-state index contributed by atoms with van der Waals surface area (Å²) >= 11 is 0. The SMILES string of the molecule is CCCC(C)C(NCC)C1CN(C)CCCN1C. The normalized spacial score (nSPS) is 26.8. The molecule has 0 saturated carbocycles. The first-order valence-electron chi connectivity index (χ1n) is 7.72. The predicted octanol–water partition coefficient (Wildman–Crippen LogP) is 2.04. The van der Waals surface area contributed by atoms with Crippen molar-refractivity contribution >= 4 is 0 Å². The molecule has 1 heterocycles. The lowest BCUT2D eigenvalue weighted by molar-refractivity contribution is 0.146. The van der Waals surface area contributed by atoms with Gasteiger partial charge in [0.05, 0.1) is 0 Å². The van der Waals surface area contributed by atoms with Crippen LogP contribution >= 0.6 is 0 Å². The van der Waals surface area contributed by atoms with Gasteiger partial charge in [0.2, 0.25) is 0 Å². The lowest BCUT2D eigenvalue weighted by atomic mass is 9.90. The Hall–Kier alpha value is -0.120. The molecule has 0 aromatic heterocycles. The van der Waals surface area contributed by atoms with Gasteiger partial charge in [0, 0.05) is 18.6 Å². The third kappa shape index (κ3) is 4.52. The predicted molar refractivity (Wildman–Crippen MR) is 80.1 cm³/mol. The van der Waals surface area contributed by atoms with Gasteiger partial charge in [0.25, 0.3) is 0 Å². The largest absolute Gasteiger partial charge is 0.312 e. The van der Waals surface area contributed by atoms with Crippen LogP contribution in [0, 0.1) is 5.92 Å². The van der Waals surface area contributed by atoms with E-state index in [1.807, 2.05) is 0 Å². The molecule has 108 valence electrons. The van der Waals surface area contributed by atoms with E-state index in [-0.39, 0.29) is 0 Å². The van der Waals surface area contributed by atoms with Gasteiger partial charge in [-0.3, -0.25) is 0 Å². The van der Waals surface area contributed by atoms with Crippen molar-refractivity contribution in [2.45, 2.75) is 52.1 Å². The van der Waals surface area contributed by atoms with Crippen LogP contribution in [0.2, 0.25) is 0 Å². The number of nitrogens with zero attached hydrogens (tertiary/aromatic N) is 2. The number of rotatable bonds is 6. The highest BCUT2D eigenvalue weighted by molar-refractivity contribution is 4.90. The van der Waals surface area contributed by atoms with Gasteiger partial charge in [0.15, 0.2) is 0 Å². The van der Waals surface area contributed by atoms with E-state index < -0.39 is 0 Å². The molecule has 0 amide bonds. The van der Waals surface area contributed by atoms with Gasteiger partial charge >= 0.3 is 0 Å². The maximum atomic E-state index is 3.75. The molecule has 1 N–H and O–H groups in total. The van der Waals surface area contributed by atoms with E-state index >= 15 is 0 Å². The second-order valence-corrected chi connectivity index (χ2v) is 6.01. The standard InChI is InChI=1S/C15H33N3/c1-6-9-13(3)15(16-7-2)14-12-17(4)10-8-11-18(14)5/h13-16H,6-12H2,1-5H3. The first kappa shape index (κ1) is 15.9. The summed E-state index contributed by atoms with van der Waals surface area (Å²) in [6.45, 7) is 11.7. The molecular formula is C15H33N3. The summed E-state index contributed by atoms with van der Waals surface area (Å²) in [6, 6.07) is 1.28. The molecule has 3 heteroatoms. The number of nitrogens with one attached hydrogen (secondary N) is 1. The highest BCUT2D eigenvalue weighted by Gasteiger charge is 2.30. The molecule has 0 radical (unpaired) electrons. The molecule has 3 atom stereocenters. The molecule has 3 nitrogen and oxygen atoms in total. The molecule has 1 saturated heterocycles. The van der Waals surface area contributed by atoms with Crippen molar-refractivity contribution in [2.24, 2.45) is 5.92 Å². The van der Waals surface area contributed by atoms with Crippen LogP contribution in [0.1, 0.15) is 40.0 Å². The Morgan fingerprint density at radius 2 is 1.94 bits per heavy atom. The lowest BCUT2D eigenvalue weighted by Gasteiger charge is -2.38. The third-order valence-corrected chi connectivity index (χ3v) is 4.33. The molecule has 0 aromatic rings. The molecule has 3 unspecified atom stereocenters. The summed E-state index contributed by atoms with van der Waals surface area (Å²) < 4.78 is 0. The minimum absolute atomic E-state index is 0.625. The molecule has 1 rings (SSSR count). The van der Waals surface area contributed by atoms with Gasteiger partial charge in [-0.2, -0.15) is 0 Å². The van der Waals surface area contributed by atoms with E-state index in [1.54, 1.807) is 0 Å². The summed E-state index contributed by atoms with van der Waals surface area (Å²) in [6.07, 6.45) is 3.91. The minimum atomic E-state index is 0.625. The van der Waals surface area contributed by atoms with Crippen LogP contribution < -0.4 is 5.32 Å². The fourth-order valence-corrected chi connectivity index (χ4v) is 3.28. The fraction of sp³-hybridized carbons (Fsp3) is 1.00. The summed E-state index contributed by atoms with van der Waals surface area (Å²) in [4.78, 5) is 5.07. The molecule has 18 heavy (non-hydrogen) atoms. The molecular weight excluding hydrogens is 222 g/mol. The number of hydrogen-bond donors (Lipinski definition) is 1. The number of hydrogen-bond acceptors (Lipinski definition) is 3. The molecule has 0 aliphatic carbocycles. The van der Waals surface area contributed by atoms with Gasteiger partial charge in [-0.1, -0.05) is 27.2 Å². The van der Waals surface area contributed by atoms with E-state index in [4.69, 9.17) is 0 Å². The van der Waals surface area contributed by atoms with Crippen molar-refractivity contribution < 1.29 is 0 Å². The molecule has 1 aliphatic rings. The Morgan fingerprint density at radius 1 is 1.22 bits per heavy atom. The highest BCUT2D eigenvalue weighted by atomic mass is 15.2. The summed E-state index contributed by atoms with van der Waals surface area (Å²) in [5.74, 6) is 0.758. The summed E-state index contributed by atoms with van der Waals surface area (Å²) in [5.41, 5.74) is 0. The zero-order valence-corrected chi connectivity index (χ0v) is 13.1. The van der Waals surface area contributed by atoms with Gasteiger partial charge in [-0.25, -0.2) is 0 Å².